The summed E-state index contributed by atoms with van der Waals surface area (Å²) in [6, 6.07) is 10.5. The number of nitrogens with one attached hydrogen (secondary N) is 1. The molecule has 0 radical (unpaired) electrons. The smallest absolute Gasteiger partial charge is 0.267 e. The fourth-order valence-corrected chi connectivity index (χ4v) is 2.25. The van der Waals surface area contributed by atoms with Gasteiger partial charge in [0.15, 0.2) is 0 Å². The molecule has 0 spiro atoms. The lowest BCUT2D eigenvalue weighted by Gasteiger charge is -2.11. The Bertz CT molecular complexity index is 753. The van der Waals surface area contributed by atoms with Gasteiger partial charge < -0.3 is 10.1 Å². The van der Waals surface area contributed by atoms with Crippen molar-refractivity contribution in [1.29, 1.82) is 0 Å². The van der Waals surface area contributed by atoms with Gasteiger partial charge in [-0.25, -0.2) is 4.68 Å². The summed E-state index contributed by atoms with van der Waals surface area (Å²) in [5, 5.41) is 7.11. The number of amides is 1. The predicted octanol–water partition coefficient (Wildman–Crippen LogP) is 2.08. The molecule has 0 saturated carbocycles. The molecule has 0 aliphatic heterocycles. The lowest BCUT2D eigenvalue weighted by atomic mass is 10.1. The highest BCUT2D eigenvalue weighted by Gasteiger charge is 2.10. The number of aromatic nitrogens is 2. The fraction of sp³-hybridized carbons (Fsp3) is 0.389. The number of para-hydroxylation sites is 1. The number of carbonyl (C=O) groups excluding carboxylic acids is 1. The highest BCUT2D eigenvalue weighted by Crippen LogP contribution is 2.26. The quantitative estimate of drug-likeness (QED) is 0.844. The maximum Gasteiger partial charge on any atom is 0.267 e. The Hall–Kier alpha value is -2.63. The van der Waals surface area contributed by atoms with Crippen molar-refractivity contribution >= 4 is 5.91 Å². The second-order valence-electron chi connectivity index (χ2n) is 5.95. The third-order valence-electron chi connectivity index (χ3n) is 3.59. The third-order valence-corrected chi connectivity index (χ3v) is 3.59. The van der Waals surface area contributed by atoms with E-state index in [1.807, 2.05) is 24.3 Å². The predicted molar refractivity (Wildman–Crippen MR) is 92.9 cm³/mol. The van der Waals surface area contributed by atoms with Crippen LogP contribution in [0.25, 0.3) is 11.3 Å². The number of rotatable bonds is 7. The minimum Gasteiger partial charge on any atom is -0.496 e. The molecule has 6 heteroatoms. The fourth-order valence-electron chi connectivity index (χ4n) is 2.25. The van der Waals surface area contributed by atoms with Crippen molar-refractivity contribution < 1.29 is 9.53 Å². The summed E-state index contributed by atoms with van der Waals surface area (Å²) in [4.78, 5) is 23.9. The summed E-state index contributed by atoms with van der Waals surface area (Å²) in [7, 11) is 1.58. The van der Waals surface area contributed by atoms with Gasteiger partial charge in [0.2, 0.25) is 5.91 Å². The van der Waals surface area contributed by atoms with Crippen LogP contribution in [0.1, 0.15) is 20.3 Å². The Morgan fingerprint density at radius 3 is 2.71 bits per heavy atom. The van der Waals surface area contributed by atoms with Crippen LogP contribution in [0.4, 0.5) is 0 Å². The average molecular weight is 329 g/mol. The van der Waals surface area contributed by atoms with Gasteiger partial charge in [0.05, 0.1) is 12.8 Å². The molecular formula is C18H23N3O3. The zero-order valence-corrected chi connectivity index (χ0v) is 14.3. The van der Waals surface area contributed by atoms with E-state index in [0.29, 0.717) is 23.9 Å². The first kappa shape index (κ1) is 17.7. The molecule has 0 bridgehead atoms. The van der Waals surface area contributed by atoms with Crippen LogP contribution in [0.15, 0.2) is 41.2 Å². The minimum absolute atomic E-state index is 0.0973. The molecule has 1 aromatic heterocycles. The number of ether oxygens (including phenoxy) is 1. The molecule has 1 amide bonds. The lowest BCUT2D eigenvalue weighted by Crippen LogP contribution is -2.34. The number of hydrogen-bond donors (Lipinski definition) is 1. The van der Waals surface area contributed by atoms with Gasteiger partial charge in [-0.1, -0.05) is 26.0 Å². The molecule has 1 aromatic carbocycles. The van der Waals surface area contributed by atoms with Gasteiger partial charge in [-0.15, -0.1) is 0 Å². The van der Waals surface area contributed by atoms with Crippen LogP contribution in [0.2, 0.25) is 0 Å². The number of benzene rings is 1. The van der Waals surface area contributed by atoms with Crippen LogP contribution in [-0.4, -0.2) is 29.3 Å². The van der Waals surface area contributed by atoms with E-state index in [9.17, 15) is 9.59 Å². The first-order valence-electron chi connectivity index (χ1n) is 7.99. The van der Waals surface area contributed by atoms with Crippen molar-refractivity contribution in [2.24, 2.45) is 5.92 Å². The number of methoxy groups -OCH3 is 1. The molecule has 2 aromatic rings. The SMILES string of the molecule is COc1ccccc1-c1ccc(=O)n(CC(=O)NCCC(C)C)n1. The Balaban J connectivity index is 2.17. The van der Waals surface area contributed by atoms with Gasteiger partial charge in [0.1, 0.15) is 12.3 Å². The van der Waals surface area contributed by atoms with E-state index in [0.717, 1.165) is 12.0 Å². The molecule has 128 valence electrons. The molecule has 6 nitrogen and oxygen atoms in total. The topological polar surface area (TPSA) is 73.2 Å². The van der Waals surface area contributed by atoms with E-state index in [4.69, 9.17) is 4.74 Å². The first-order chi connectivity index (χ1) is 11.5. The monoisotopic (exact) mass is 329 g/mol. The normalized spacial score (nSPS) is 10.7. The molecule has 0 aliphatic carbocycles. The first-order valence-corrected chi connectivity index (χ1v) is 7.99. The summed E-state index contributed by atoms with van der Waals surface area (Å²) >= 11 is 0. The largest absolute Gasteiger partial charge is 0.496 e. The molecule has 0 aliphatic rings. The maximum absolute atomic E-state index is 12.0. The van der Waals surface area contributed by atoms with Crippen molar-refractivity contribution in [3.05, 3.63) is 46.8 Å². The second-order valence-corrected chi connectivity index (χ2v) is 5.95. The third kappa shape index (κ3) is 4.68. The second kappa shape index (κ2) is 8.29. The van der Waals surface area contributed by atoms with E-state index < -0.39 is 0 Å². The van der Waals surface area contributed by atoms with Crippen molar-refractivity contribution in [3.63, 3.8) is 0 Å². The minimum atomic E-state index is -0.312. The lowest BCUT2D eigenvalue weighted by molar-refractivity contribution is -0.121. The molecule has 0 saturated heterocycles. The van der Waals surface area contributed by atoms with E-state index in [-0.39, 0.29) is 18.0 Å². The highest BCUT2D eigenvalue weighted by molar-refractivity contribution is 5.75. The summed E-state index contributed by atoms with van der Waals surface area (Å²) < 4.78 is 6.49. The summed E-state index contributed by atoms with van der Waals surface area (Å²) in [6.45, 7) is 4.68. The Morgan fingerprint density at radius 1 is 1.25 bits per heavy atom. The van der Waals surface area contributed by atoms with Crippen LogP contribution in [0.5, 0.6) is 5.75 Å². The maximum atomic E-state index is 12.0. The Kier molecular flexibility index (Phi) is 6.12. The molecular weight excluding hydrogens is 306 g/mol. The van der Waals surface area contributed by atoms with Gasteiger partial charge in [-0.3, -0.25) is 9.59 Å². The van der Waals surface area contributed by atoms with Crippen molar-refractivity contribution in [3.8, 4) is 17.0 Å². The molecule has 2 rings (SSSR count). The summed E-state index contributed by atoms with van der Waals surface area (Å²) in [5.74, 6) is 0.957. The van der Waals surface area contributed by atoms with Gasteiger partial charge in [0, 0.05) is 18.2 Å². The van der Waals surface area contributed by atoms with Gasteiger partial charge >= 0.3 is 0 Å². The van der Waals surface area contributed by atoms with Crippen molar-refractivity contribution in [2.75, 3.05) is 13.7 Å². The van der Waals surface area contributed by atoms with E-state index in [1.54, 1.807) is 13.2 Å². The Labute approximate surface area is 141 Å². The molecule has 24 heavy (non-hydrogen) atoms. The van der Waals surface area contributed by atoms with Gasteiger partial charge in [0.25, 0.3) is 5.56 Å². The van der Waals surface area contributed by atoms with Crippen molar-refractivity contribution in [1.82, 2.24) is 15.1 Å². The van der Waals surface area contributed by atoms with Crippen LogP contribution >= 0.6 is 0 Å². The van der Waals surface area contributed by atoms with Gasteiger partial charge in [-0.2, -0.15) is 5.10 Å². The zero-order chi connectivity index (χ0) is 17.5. The zero-order valence-electron chi connectivity index (χ0n) is 14.3. The summed E-state index contributed by atoms with van der Waals surface area (Å²) in [5.41, 5.74) is 1.05. The van der Waals surface area contributed by atoms with Crippen molar-refractivity contribution in [2.45, 2.75) is 26.8 Å². The van der Waals surface area contributed by atoms with Crippen LogP contribution in [-0.2, 0) is 11.3 Å². The van der Waals surface area contributed by atoms with E-state index in [2.05, 4.69) is 24.3 Å². The molecule has 0 atom stereocenters. The number of hydrogen-bond acceptors (Lipinski definition) is 4. The highest BCUT2D eigenvalue weighted by atomic mass is 16.5. The molecule has 1 N–H and O–H groups in total. The van der Waals surface area contributed by atoms with Crippen LogP contribution in [0.3, 0.4) is 0 Å². The average Bonchev–Trinajstić information content (AvgIpc) is 2.56. The van der Waals surface area contributed by atoms with Crippen LogP contribution in [0, 0.1) is 5.92 Å². The van der Waals surface area contributed by atoms with Crippen LogP contribution < -0.4 is 15.6 Å². The summed E-state index contributed by atoms with van der Waals surface area (Å²) in [6.07, 6.45) is 0.898. The standard InChI is InChI=1S/C18H23N3O3/c1-13(2)10-11-19-17(22)12-21-18(23)9-8-15(20-21)14-6-4-5-7-16(14)24-3/h4-9,13H,10-12H2,1-3H3,(H,19,22). The number of nitrogens with zero attached hydrogens (tertiary/aromatic N) is 2. The molecule has 1 heterocycles. The van der Waals surface area contributed by atoms with Gasteiger partial charge in [-0.05, 0) is 30.5 Å². The molecule has 0 fully saturated rings. The Morgan fingerprint density at radius 2 is 2.00 bits per heavy atom. The number of carbonyl (C=O) groups is 1. The van der Waals surface area contributed by atoms with E-state index in [1.165, 1.54) is 10.7 Å². The molecule has 0 unspecified atom stereocenters. The van der Waals surface area contributed by atoms with E-state index >= 15 is 0 Å².